The van der Waals surface area contributed by atoms with Crippen LogP contribution in [0.4, 0.5) is 13.2 Å². The summed E-state index contributed by atoms with van der Waals surface area (Å²) in [6, 6.07) is 0. The van der Waals surface area contributed by atoms with Crippen molar-refractivity contribution in [1.29, 1.82) is 0 Å². The first-order chi connectivity index (χ1) is 9.38. The van der Waals surface area contributed by atoms with Crippen LogP contribution in [0.5, 0.6) is 0 Å². The lowest BCUT2D eigenvalue weighted by molar-refractivity contribution is -0.223. The fraction of sp³-hybridized carbons (Fsp3) is 0.636. The molecular weight excluding hydrogens is 331 g/mol. The molecule has 0 bridgehead atoms. The fourth-order valence-corrected chi connectivity index (χ4v) is 4.93. The summed E-state index contributed by atoms with van der Waals surface area (Å²) in [4.78, 5) is 15.6. The second kappa shape index (κ2) is 6.57. The van der Waals surface area contributed by atoms with Crippen LogP contribution >= 0.6 is 34.9 Å². The zero-order chi connectivity index (χ0) is 14.8. The Morgan fingerprint density at radius 3 is 2.75 bits per heavy atom. The van der Waals surface area contributed by atoms with E-state index < -0.39 is 23.5 Å². The second-order valence-electron chi connectivity index (χ2n) is 4.12. The number of thiazole rings is 1. The van der Waals surface area contributed by atoms with Gasteiger partial charge >= 0.3 is 12.1 Å². The van der Waals surface area contributed by atoms with Crippen molar-refractivity contribution in [2.45, 2.75) is 24.5 Å². The Bertz CT molecular complexity index is 472. The molecule has 0 aliphatic carbocycles. The lowest BCUT2D eigenvalue weighted by Crippen LogP contribution is -2.32. The summed E-state index contributed by atoms with van der Waals surface area (Å²) in [5, 5.41) is 0.754. The smallest absolute Gasteiger partial charge is 0.432 e. The number of esters is 1. The minimum absolute atomic E-state index is 0.225. The van der Waals surface area contributed by atoms with Crippen LogP contribution in [-0.4, -0.2) is 39.6 Å². The number of rotatable bonds is 3. The van der Waals surface area contributed by atoms with E-state index in [1.807, 2.05) is 0 Å². The molecule has 1 fully saturated rings. The molecule has 0 N–H and O–H groups in total. The third-order valence-corrected chi connectivity index (χ3v) is 6.21. The molecule has 1 aliphatic heterocycles. The number of aryl methyl sites for hydroxylation is 1. The van der Waals surface area contributed by atoms with Gasteiger partial charge in [-0.15, -0.1) is 23.1 Å². The number of hydrogen-bond acceptors (Lipinski definition) is 6. The fourth-order valence-electron chi connectivity index (χ4n) is 1.57. The van der Waals surface area contributed by atoms with Crippen LogP contribution in [0.1, 0.15) is 16.8 Å². The predicted molar refractivity (Wildman–Crippen MR) is 75.3 cm³/mol. The summed E-state index contributed by atoms with van der Waals surface area (Å²) in [5.41, 5.74) is 0.484. The normalized spacial score (nSPS) is 21.5. The topological polar surface area (TPSA) is 39.2 Å². The van der Waals surface area contributed by atoms with Crippen molar-refractivity contribution in [3.63, 3.8) is 0 Å². The molecule has 0 amide bonds. The number of halogens is 3. The van der Waals surface area contributed by atoms with E-state index in [4.69, 9.17) is 4.74 Å². The van der Waals surface area contributed by atoms with Crippen molar-refractivity contribution in [3.05, 3.63) is 16.1 Å². The molecule has 0 saturated carbocycles. The number of alkyl halides is 3. The molecule has 2 atom stereocenters. The molecule has 9 heteroatoms. The number of aromatic nitrogens is 1. The first-order valence-corrected chi connectivity index (χ1v) is 8.85. The maximum atomic E-state index is 13.0. The predicted octanol–water partition coefficient (Wildman–Crippen LogP) is 3.45. The van der Waals surface area contributed by atoms with Crippen molar-refractivity contribution in [2.24, 2.45) is 0 Å². The Kier molecular flexibility index (Phi) is 5.25. The number of hydrogen-bond donors (Lipinski definition) is 0. The largest absolute Gasteiger partial charge is 0.444 e. The van der Waals surface area contributed by atoms with Gasteiger partial charge in [-0.05, 0) is 6.92 Å². The molecular formula is C11H12F3NO2S3. The SMILES string of the molecule is Cc1csc([C@H](OC(=O)[C@H]2CSCCS2)C(F)(F)F)n1. The van der Waals surface area contributed by atoms with Gasteiger partial charge in [0.05, 0.1) is 0 Å². The number of nitrogens with zero attached hydrogens (tertiary/aromatic N) is 1. The van der Waals surface area contributed by atoms with E-state index in [2.05, 4.69) is 4.98 Å². The quantitative estimate of drug-likeness (QED) is 0.786. The van der Waals surface area contributed by atoms with E-state index >= 15 is 0 Å². The summed E-state index contributed by atoms with van der Waals surface area (Å²) in [6.07, 6.45) is -6.91. The average Bonchev–Trinajstić information content (AvgIpc) is 2.81. The highest BCUT2D eigenvalue weighted by atomic mass is 32.2. The summed E-state index contributed by atoms with van der Waals surface area (Å²) in [5.74, 6) is 1.34. The Morgan fingerprint density at radius 2 is 2.25 bits per heavy atom. The maximum Gasteiger partial charge on any atom is 0.432 e. The summed E-state index contributed by atoms with van der Waals surface area (Å²) < 4.78 is 43.8. The van der Waals surface area contributed by atoms with Crippen molar-refractivity contribution < 1.29 is 22.7 Å². The molecule has 1 aromatic heterocycles. The molecule has 20 heavy (non-hydrogen) atoms. The van der Waals surface area contributed by atoms with Gasteiger partial charge < -0.3 is 4.74 Å². The van der Waals surface area contributed by atoms with Crippen molar-refractivity contribution in [3.8, 4) is 0 Å². The highest BCUT2D eigenvalue weighted by Gasteiger charge is 2.47. The molecule has 2 rings (SSSR count). The molecule has 3 nitrogen and oxygen atoms in total. The van der Waals surface area contributed by atoms with E-state index in [1.54, 1.807) is 18.7 Å². The molecule has 0 aromatic carbocycles. The third kappa shape index (κ3) is 4.05. The summed E-state index contributed by atoms with van der Waals surface area (Å²) >= 11 is 3.75. The highest BCUT2D eigenvalue weighted by Crippen LogP contribution is 2.38. The van der Waals surface area contributed by atoms with E-state index in [1.165, 1.54) is 17.1 Å². The number of carbonyl (C=O) groups excluding carboxylic acids is 1. The Labute approximate surface area is 126 Å². The van der Waals surface area contributed by atoms with Crippen LogP contribution in [0, 0.1) is 6.92 Å². The van der Waals surface area contributed by atoms with Gasteiger partial charge in [-0.25, -0.2) is 4.98 Å². The molecule has 112 valence electrons. The van der Waals surface area contributed by atoms with E-state index in [-0.39, 0.29) is 5.01 Å². The molecule has 0 spiro atoms. The Morgan fingerprint density at radius 1 is 1.50 bits per heavy atom. The number of carbonyl (C=O) groups is 1. The van der Waals surface area contributed by atoms with Crippen LogP contribution in [0.2, 0.25) is 0 Å². The van der Waals surface area contributed by atoms with Gasteiger partial charge in [0.2, 0.25) is 6.10 Å². The first kappa shape index (κ1) is 16.0. The zero-order valence-electron chi connectivity index (χ0n) is 10.5. The molecule has 1 aromatic rings. The first-order valence-electron chi connectivity index (χ1n) is 5.76. The highest BCUT2D eigenvalue weighted by molar-refractivity contribution is 8.07. The van der Waals surface area contributed by atoms with E-state index in [0.717, 1.165) is 22.8 Å². The van der Waals surface area contributed by atoms with Crippen LogP contribution in [0.3, 0.4) is 0 Å². The van der Waals surface area contributed by atoms with Gasteiger partial charge in [0.25, 0.3) is 0 Å². The van der Waals surface area contributed by atoms with E-state index in [0.29, 0.717) is 11.4 Å². The summed E-state index contributed by atoms with van der Waals surface area (Å²) in [7, 11) is 0. The third-order valence-electron chi connectivity index (χ3n) is 2.47. The summed E-state index contributed by atoms with van der Waals surface area (Å²) in [6.45, 7) is 1.60. The molecule has 1 saturated heterocycles. The van der Waals surface area contributed by atoms with Crippen molar-refractivity contribution in [2.75, 3.05) is 17.3 Å². The standard InChI is InChI=1S/C11H12F3NO2S3/c1-6-4-20-9(15-6)8(11(12,13)14)17-10(16)7-5-18-2-3-19-7/h4,7-8H,2-3,5H2,1H3/t7-,8+/m1/s1. The molecule has 1 aliphatic rings. The molecule has 0 radical (unpaired) electrons. The second-order valence-corrected chi connectivity index (χ2v) is 7.47. The van der Waals surface area contributed by atoms with Gasteiger partial charge in [0.1, 0.15) is 10.3 Å². The van der Waals surface area contributed by atoms with Gasteiger partial charge in [-0.1, -0.05) is 0 Å². The van der Waals surface area contributed by atoms with Crippen molar-refractivity contribution in [1.82, 2.24) is 4.98 Å². The van der Waals surface area contributed by atoms with Gasteiger partial charge in [0, 0.05) is 28.3 Å². The van der Waals surface area contributed by atoms with Crippen LogP contribution < -0.4 is 0 Å². The number of ether oxygens (including phenoxy) is 1. The van der Waals surface area contributed by atoms with E-state index in [9.17, 15) is 18.0 Å². The molecule has 2 heterocycles. The minimum atomic E-state index is -4.65. The van der Waals surface area contributed by atoms with Gasteiger partial charge in [-0.2, -0.15) is 24.9 Å². The van der Waals surface area contributed by atoms with Gasteiger partial charge in [-0.3, -0.25) is 4.79 Å². The lowest BCUT2D eigenvalue weighted by Gasteiger charge is -2.23. The van der Waals surface area contributed by atoms with Gasteiger partial charge in [0.15, 0.2) is 0 Å². The lowest BCUT2D eigenvalue weighted by atomic mass is 10.3. The Hall–Kier alpha value is -0.410. The number of thioether (sulfide) groups is 2. The maximum absolute atomic E-state index is 13.0. The Balaban J connectivity index is 2.10. The average molecular weight is 343 g/mol. The monoisotopic (exact) mass is 343 g/mol. The van der Waals surface area contributed by atoms with Crippen LogP contribution in [0.15, 0.2) is 5.38 Å². The minimum Gasteiger partial charge on any atom is -0.444 e. The van der Waals surface area contributed by atoms with Crippen LogP contribution in [0.25, 0.3) is 0 Å². The van der Waals surface area contributed by atoms with Crippen molar-refractivity contribution >= 4 is 40.8 Å². The molecule has 0 unspecified atom stereocenters. The zero-order valence-corrected chi connectivity index (χ0v) is 12.9. The van der Waals surface area contributed by atoms with Crippen LogP contribution in [-0.2, 0) is 9.53 Å².